The molecule has 0 atom stereocenters. The molecule has 2 aromatic carbocycles. The Kier molecular flexibility index (Phi) is 7.50. The molecule has 0 bridgehead atoms. The number of halogens is 1. The Labute approximate surface area is 195 Å². The number of benzene rings is 2. The average molecular weight is 471 g/mol. The van der Waals surface area contributed by atoms with E-state index in [0.29, 0.717) is 18.5 Å². The van der Waals surface area contributed by atoms with E-state index >= 15 is 0 Å². The smallest absolute Gasteiger partial charge is 0.347 e. The number of aromatic nitrogens is 3. The van der Waals surface area contributed by atoms with Crippen LogP contribution < -0.4 is 10.4 Å². The highest BCUT2D eigenvalue weighted by atomic mass is 19.1. The Bertz CT molecular complexity index is 1230. The van der Waals surface area contributed by atoms with Gasteiger partial charge in [0.1, 0.15) is 11.6 Å². The Hall–Kier alpha value is -3.95. The topological polar surface area (TPSA) is 113 Å². The second kappa shape index (κ2) is 10.3. The molecule has 0 radical (unpaired) electrons. The third-order valence-electron chi connectivity index (χ3n) is 5.04. The maximum absolute atomic E-state index is 14.0. The van der Waals surface area contributed by atoms with Crippen molar-refractivity contribution in [2.45, 2.75) is 52.5 Å². The summed E-state index contributed by atoms with van der Waals surface area (Å²) in [5.41, 5.74) is -1.30. The molecule has 9 nitrogen and oxygen atoms in total. The van der Waals surface area contributed by atoms with Crippen LogP contribution in [0.1, 0.15) is 48.9 Å². The zero-order chi connectivity index (χ0) is 24.9. The van der Waals surface area contributed by atoms with Crippen molar-refractivity contribution in [2.24, 2.45) is 0 Å². The van der Waals surface area contributed by atoms with Gasteiger partial charge in [0.2, 0.25) is 0 Å². The van der Waals surface area contributed by atoms with Gasteiger partial charge < -0.3 is 14.6 Å². The molecule has 34 heavy (non-hydrogen) atoms. The maximum Gasteiger partial charge on any atom is 0.347 e. The van der Waals surface area contributed by atoms with E-state index in [9.17, 15) is 18.8 Å². The minimum Gasteiger partial charge on any atom is -0.478 e. The number of esters is 1. The van der Waals surface area contributed by atoms with Gasteiger partial charge in [-0.05, 0) is 50.6 Å². The van der Waals surface area contributed by atoms with E-state index in [1.165, 1.54) is 48.7 Å². The van der Waals surface area contributed by atoms with Gasteiger partial charge in [-0.2, -0.15) is 5.10 Å². The van der Waals surface area contributed by atoms with Gasteiger partial charge in [-0.25, -0.2) is 23.5 Å². The van der Waals surface area contributed by atoms with Crippen molar-refractivity contribution < 1.29 is 28.6 Å². The van der Waals surface area contributed by atoms with Gasteiger partial charge in [0.05, 0.1) is 12.1 Å². The molecule has 0 saturated heterocycles. The number of nitrogens with zero attached hydrogens (tertiary/aromatic N) is 3. The summed E-state index contributed by atoms with van der Waals surface area (Å²) in [7, 11) is 0. The molecule has 3 aromatic rings. The number of carbonyl (C=O) groups is 2. The first-order chi connectivity index (χ1) is 16.1. The average Bonchev–Trinajstić information content (AvgIpc) is 3.08. The number of carbonyl (C=O) groups excluding carboxylic acids is 1. The van der Waals surface area contributed by atoms with E-state index in [4.69, 9.17) is 14.6 Å². The molecule has 0 fully saturated rings. The maximum atomic E-state index is 14.0. The minimum absolute atomic E-state index is 0.0443. The fourth-order valence-corrected chi connectivity index (χ4v) is 3.14. The van der Waals surface area contributed by atoms with Crippen molar-refractivity contribution in [1.29, 1.82) is 0 Å². The van der Waals surface area contributed by atoms with Crippen LogP contribution in [-0.4, -0.2) is 37.0 Å². The van der Waals surface area contributed by atoms with Gasteiger partial charge in [0, 0.05) is 12.1 Å². The van der Waals surface area contributed by atoms with Gasteiger partial charge in [-0.3, -0.25) is 4.57 Å². The Morgan fingerprint density at radius 2 is 1.79 bits per heavy atom. The summed E-state index contributed by atoms with van der Waals surface area (Å²) >= 11 is 0. The molecule has 3 rings (SSSR count). The highest BCUT2D eigenvalue weighted by molar-refractivity contribution is 5.89. The van der Waals surface area contributed by atoms with E-state index < -0.39 is 29.0 Å². The summed E-state index contributed by atoms with van der Waals surface area (Å²) in [4.78, 5) is 36.4. The summed E-state index contributed by atoms with van der Waals surface area (Å²) in [6, 6.07) is 12.0. The van der Waals surface area contributed by atoms with E-state index in [1.807, 2.05) is 6.92 Å². The van der Waals surface area contributed by atoms with Crippen LogP contribution in [0.15, 0.2) is 53.3 Å². The van der Waals surface area contributed by atoms with Crippen LogP contribution in [0.4, 0.5) is 4.39 Å². The van der Waals surface area contributed by atoms with Gasteiger partial charge in [0.15, 0.2) is 18.0 Å². The second-order valence-electron chi connectivity index (χ2n) is 8.12. The molecule has 0 aliphatic carbocycles. The van der Waals surface area contributed by atoms with Crippen molar-refractivity contribution in [3.05, 3.63) is 81.8 Å². The normalized spacial score (nSPS) is 11.3. The van der Waals surface area contributed by atoms with Crippen molar-refractivity contribution in [3.8, 4) is 5.75 Å². The molecule has 0 aliphatic rings. The van der Waals surface area contributed by atoms with Gasteiger partial charge in [-0.1, -0.05) is 25.1 Å². The SMILES string of the molecule is CCCn1c(COC(=O)c2ccc(OC(C)(C)C(=O)O)cc2)nn(Cc2ccccc2F)c1=O. The largest absolute Gasteiger partial charge is 0.478 e. The lowest BCUT2D eigenvalue weighted by Gasteiger charge is -2.21. The summed E-state index contributed by atoms with van der Waals surface area (Å²) in [5.74, 6) is -1.68. The molecular formula is C24H26FN3O6. The van der Waals surface area contributed by atoms with Crippen molar-refractivity contribution in [3.63, 3.8) is 0 Å². The Morgan fingerprint density at radius 1 is 1.12 bits per heavy atom. The van der Waals surface area contributed by atoms with Crippen LogP contribution in [-0.2, 0) is 29.2 Å². The van der Waals surface area contributed by atoms with E-state index in [1.54, 1.807) is 18.2 Å². The molecule has 10 heteroatoms. The lowest BCUT2D eigenvalue weighted by molar-refractivity contribution is -0.152. The Morgan fingerprint density at radius 3 is 2.41 bits per heavy atom. The van der Waals surface area contributed by atoms with Crippen LogP contribution in [0.2, 0.25) is 0 Å². The van der Waals surface area contributed by atoms with Crippen molar-refractivity contribution in [2.75, 3.05) is 0 Å². The van der Waals surface area contributed by atoms with Gasteiger partial charge in [-0.15, -0.1) is 0 Å². The molecule has 1 N–H and O–H groups in total. The lowest BCUT2D eigenvalue weighted by Crippen LogP contribution is -2.37. The third kappa shape index (κ3) is 5.69. The number of rotatable bonds is 10. The molecule has 0 spiro atoms. The molecule has 1 heterocycles. The zero-order valence-corrected chi connectivity index (χ0v) is 19.2. The summed E-state index contributed by atoms with van der Waals surface area (Å²) in [6.07, 6.45) is 0.653. The van der Waals surface area contributed by atoms with E-state index in [2.05, 4.69) is 5.10 Å². The Balaban J connectivity index is 1.72. The van der Waals surface area contributed by atoms with Crippen LogP contribution in [0.3, 0.4) is 0 Å². The van der Waals surface area contributed by atoms with Crippen molar-refractivity contribution >= 4 is 11.9 Å². The molecule has 0 unspecified atom stereocenters. The highest BCUT2D eigenvalue weighted by Gasteiger charge is 2.29. The number of ether oxygens (including phenoxy) is 2. The van der Waals surface area contributed by atoms with Gasteiger partial charge in [0.25, 0.3) is 0 Å². The quantitative estimate of drug-likeness (QED) is 0.452. The predicted octanol–water partition coefficient (Wildman–Crippen LogP) is 3.24. The number of carboxylic acids is 1. The first-order valence-electron chi connectivity index (χ1n) is 10.7. The number of hydrogen-bond donors (Lipinski definition) is 1. The number of hydrogen-bond acceptors (Lipinski definition) is 6. The van der Waals surface area contributed by atoms with Crippen LogP contribution in [0, 0.1) is 5.82 Å². The predicted molar refractivity (Wildman–Crippen MR) is 120 cm³/mol. The first kappa shape index (κ1) is 24.7. The van der Waals surface area contributed by atoms with Crippen molar-refractivity contribution in [1.82, 2.24) is 14.3 Å². The number of aliphatic carboxylic acids is 1. The van der Waals surface area contributed by atoms with Crippen LogP contribution >= 0.6 is 0 Å². The zero-order valence-electron chi connectivity index (χ0n) is 19.2. The third-order valence-corrected chi connectivity index (χ3v) is 5.04. The fourth-order valence-electron chi connectivity index (χ4n) is 3.14. The molecule has 180 valence electrons. The molecule has 0 saturated carbocycles. The molecule has 1 aromatic heterocycles. The van der Waals surface area contributed by atoms with Crippen LogP contribution in [0.25, 0.3) is 0 Å². The molecule has 0 aliphatic heterocycles. The summed E-state index contributed by atoms with van der Waals surface area (Å²) in [6.45, 7) is 4.80. The molecule has 0 amide bonds. The monoisotopic (exact) mass is 471 g/mol. The van der Waals surface area contributed by atoms with E-state index in [-0.39, 0.29) is 30.3 Å². The lowest BCUT2D eigenvalue weighted by atomic mass is 10.1. The summed E-state index contributed by atoms with van der Waals surface area (Å²) in [5, 5.41) is 13.4. The fraction of sp³-hybridized carbons (Fsp3) is 0.333. The standard InChI is InChI=1S/C24H26FN3O6/c1-4-13-27-20(26-28(23(27)32)14-17-7-5-6-8-19(17)25)15-33-21(29)16-9-11-18(12-10-16)34-24(2,3)22(30)31/h5-12H,4,13-15H2,1-3H3,(H,30,31). The summed E-state index contributed by atoms with van der Waals surface area (Å²) < 4.78 is 27.3. The second-order valence-corrected chi connectivity index (χ2v) is 8.12. The minimum atomic E-state index is -1.42. The number of carboxylic acid groups (broad SMARTS) is 1. The van der Waals surface area contributed by atoms with E-state index in [0.717, 1.165) is 4.68 Å². The highest BCUT2D eigenvalue weighted by Crippen LogP contribution is 2.20. The first-order valence-corrected chi connectivity index (χ1v) is 10.7. The van der Waals surface area contributed by atoms with Crippen LogP contribution in [0.5, 0.6) is 5.75 Å². The van der Waals surface area contributed by atoms with Gasteiger partial charge >= 0.3 is 17.6 Å². The molecular weight excluding hydrogens is 445 g/mol.